The summed E-state index contributed by atoms with van der Waals surface area (Å²) in [5.41, 5.74) is 5.45. The Labute approximate surface area is 215 Å². The number of esters is 1. The molecule has 1 unspecified atom stereocenters. The van der Waals surface area contributed by atoms with Crippen LogP contribution in [0.25, 0.3) is 22.2 Å². The Bertz CT molecular complexity index is 1440. The van der Waals surface area contributed by atoms with Gasteiger partial charge in [0.15, 0.2) is 0 Å². The Kier molecular flexibility index (Phi) is 6.88. The van der Waals surface area contributed by atoms with Crippen LogP contribution in [0.15, 0.2) is 54.6 Å². The molecule has 0 saturated heterocycles. The van der Waals surface area contributed by atoms with E-state index >= 15 is 0 Å². The minimum absolute atomic E-state index is 0.237. The van der Waals surface area contributed by atoms with Gasteiger partial charge in [-0.1, -0.05) is 62.4 Å². The minimum Gasteiger partial charge on any atom is -0.462 e. The number of benzene rings is 2. The number of hydrogen-bond acceptors (Lipinski definition) is 5. The van der Waals surface area contributed by atoms with Gasteiger partial charge in [0.25, 0.3) is 5.91 Å². The molecule has 0 bridgehead atoms. The van der Waals surface area contributed by atoms with Gasteiger partial charge >= 0.3 is 5.97 Å². The lowest BCUT2D eigenvalue weighted by Crippen LogP contribution is -2.18. The molecule has 1 aliphatic carbocycles. The number of para-hydroxylation sites is 1. The van der Waals surface area contributed by atoms with Crippen molar-refractivity contribution in [1.29, 1.82) is 0 Å². The van der Waals surface area contributed by atoms with Crippen LogP contribution in [0, 0.1) is 12.8 Å². The first kappa shape index (κ1) is 24.2. The second-order valence-corrected chi connectivity index (χ2v) is 10.6. The number of amides is 1. The highest BCUT2D eigenvalue weighted by Gasteiger charge is 2.30. The Balaban J connectivity index is 1.60. The molecule has 5 rings (SSSR count). The topological polar surface area (TPSA) is 68.3 Å². The summed E-state index contributed by atoms with van der Waals surface area (Å²) in [6, 6.07) is 17.6. The molecule has 36 heavy (non-hydrogen) atoms. The number of carbonyl (C=O) groups is 2. The van der Waals surface area contributed by atoms with Crippen molar-refractivity contribution in [3.05, 3.63) is 81.7 Å². The first-order chi connectivity index (χ1) is 17.5. The highest BCUT2D eigenvalue weighted by atomic mass is 32.1. The Hall–Kier alpha value is -3.51. The lowest BCUT2D eigenvalue weighted by molar-refractivity contribution is 0.0505. The fourth-order valence-electron chi connectivity index (χ4n) is 4.96. The van der Waals surface area contributed by atoms with Crippen LogP contribution >= 0.6 is 11.3 Å². The lowest BCUT2D eigenvalue weighted by Gasteiger charge is -2.18. The average Bonchev–Trinajstić information content (AvgIpc) is 3.24. The molecule has 0 fully saturated rings. The van der Waals surface area contributed by atoms with Gasteiger partial charge in [-0.25, -0.2) is 9.78 Å². The molecule has 1 N–H and O–H groups in total. The molecule has 1 atom stereocenters. The molecule has 2 aromatic heterocycles. The second kappa shape index (κ2) is 10.2. The molecule has 0 aliphatic heterocycles. The highest BCUT2D eigenvalue weighted by Crippen LogP contribution is 2.41. The maximum absolute atomic E-state index is 13.9. The van der Waals surface area contributed by atoms with Gasteiger partial charge in [0, 0.05) is 15.8 Å². The number of aromatic nitrogens is 1. The molecule has 0 radical (unpaired) electrons. The van der Waals surface area contributed by atoms with Crippen LogP contribution in [-0.4, -0.2) is 23.5 Å². The van der Waals surface area contributed by atoms with E-state index in [1.54, 1.807) is 0 Å². The second-order valence-electron chi connectivity index (χ2n) is 9.49. The van der Waals surface area contributed by atoms with E-state index in [0.29, 0.717) is 28.7 Å². The van der Waals surface area contributed by atoms with Gasteiger partial charge in [-0.05, 0) is 55.7 Å². The third-order valence-electron chi connectivity index (χ3n) is 6.79. The number of anilines is 1. The molecule has 0 saturated carbocycles. The molecule has 2 aromatic carbocycles. The number of nitrogens with zero attached hydrogens (tertiary/aromatic N) is 1. The maximum Gasteiger partial charge on any atom is 0.341 e. The summed E-state index contributed by atoms with van der Waals surface area (Å²) in [6.45, 7) is 6.51. The standard InChI is InChI=1S/C30H30N2O3S/c1-4-16-35-30(34)26-22-15-14-18(2)17-24(22)36-29(26)32-28(33)25-19(3)27(20-10-6-5-7-11-20)31-23-13-9-8-12-21(23)25/h5-13,18H,4,14-17H2,1-3H3,(H,32,33). The van der Waals surface area contributed by atoms with E-state index in [4.69, 9.17) is 9.72 Å². The third kappa shape index (κ3) is 4.53. The van der Waals surface area contributed by atoms with Crippen molar-refractivity contribution in [2.24, 2.45) is 5.92 Å². The normalized spacial score (nSPS) is 14.9. The smallest absolute Gasteiger partial charge is 0.341 e. The first-order valence-corrected chi connectivity index (χ1v) is 13.4. The van der Waals surface area contributed by atoms with Crippen molar-refractivity contribution in [1.82, 2.24) is 4.98 Å². The van der Waals surface area contributed by atoms with E-state index in [1.807, 2.05) is 68.4 Å². The number of hydrogen-bond donors (Lipinski definition) is 1. The summed E-state index contributed by atoms with van der Waals surface area (Å²) in [6.07, 6.45) is 3.52. The molecular formula is C30H30N2O3S. The van der Waals surface area contributed by atoms with E-state index in [2.05, 4.69) is 12.2 Å². The predicted molar refractivity (Wildman–Crippen MR) is 146 cm³/mol. The SMILES string of the molecule is CCCOC(=O)c1c(NC(=O)c2c(C)c(-c3ccccc3)nc3ccccc23)sc2c1CCC(C)C2. The highest BCUT2D eigenvalue weighted by molar-refractivity contribution is 7.17. The van der Waals surface area contributed by atoms with E-state index in [1.165, 1.54) is 16.2 Å². The van der Waals surface area contributed by atoms with Crippen molar-refractivity contribution in [2.75, 3.05) is 11.9 Å². The van der Waals surface area contributed by atoms with Crippen LogP contribution in [0.1, 0.15) is 63.4 Å². The van der Waals surface area contributed by atoms with Crippen molar-refractivity contribution < 1.29 is 14.3 Å². The van der Waals surface area contributed by atoms with E-state index in [-0.39, 0.29) is 11.9 Å². The third-order valence-corrected chi connectivity index (χ3v) is 7.96. The van der Waals surface area contributed by atoms with Gasteiger partial charge in [-0.15, -0.1) is 11.3 Å². The molecular weight excluding hydrogens is 468 g/mol. The Morgan fingerprint density at radius 1 is 1.08 bits per heavy atom. The van der Waals surface area contributed by atoms with E-state index in [0.717, 1.165) is 59.0 Å². The molecule has 6 heteroatoms. The molecule has 1 amide bonds. The summed E-state index contributed by atoms with van der Waals surface area (Å²) in [4.78, 5) is 33.1. The summed E-state index contributed by atoms with van der Waals surface area (Å²) in [5, 5.41) is 4.49. The van der Waals surface area contributed by atoms with Crippen molar-refractivity contribution in [3.63, 3.8) is 0 Å². The monoisotopic (exact) mass is 498 g/mol. The van der Waals surface area contributed by atoms with Crippen LogP contribution < -0.4 is 5.32 Å². The summed E-state index contributed by atoms with van der Waals surface area (Å²) < 4.78 is 5.53. The summed E-state index contributed by atoms with van der Waals surface area (Å²) >= 11 is 1.51. The number of nitrogens with one attached hydrogen (secondary N) is 1. The number of thiophene rings is 1. The van der Waals surface area contributed by atoms with Crippen LogP contribution in [-0.2, 0) is 17.6 Å². The van der Waals surface area contributed by atoms with Crippen molar-refractivity contribution in [2.45, 2.75) is 46.5 Å². The quantitative estimate of drug-likeness (QED) is 0.285. The zero-order valence-electron chi connectivity index (χ0n) is 20.9. The van der Waals surface area contributed by atoms with Crippen molar-refractivity contribution in [3.8, 4) is 11.3 Å². The molecule has 0 spiro atoms. The summed E-state index contributed by atoms with van der Waals surface area (Å²) in [7, 11) is 0. The van der Waals surface area contributed by atoms with Gasteiger partial charge in [-0.2, -0.15) is 0 Å². The van der Waals surface area contributed by atoms with Crippen LogP contribution in [0.2, 0.25) is 0 Å². The number of fused-ring (bicyclic) bond motifs is 2. The van der Waals surface area contributed by atoms with Crippen LogP contribution in [0.5, 0.6) is 0 Å². The molecule has 184 valence electrons. The number of carbonyl (C=O) groups excluding carboxylic acids is 2. The number of ether oxygens (including phenoxy) is 1. The largest absolute Gasteiger partial charge is 0.462 e. The fourth-order valence-corrected chi connectivity index (χ4v) is 6.36. The maximum atomic E-state index is 13.9. The Morgan fingerprint density at radius 2 is 1.83 bits per heavy atom. The lowest BCUT2D eigenvalue weighted by atomic mass is 9.88. The fraction of sp³-hybridized carbons (Fsp3) is 0.300. The van der Waals surface area contributed by atoms with Gasteiger partial charge < -0.3 is 10.1 Å². The van der Waals surface area contributed by atoms with Gasteiger partial charge in [-0.3, -0.25) is 4.79 Å². The number of rotatable bonds is 6. The molecule has 1 aliphatic rings. The predicted octanol–water partition coefficient (Wildman–Crippen LogP) is 7.22. The van der Waals surface area contributed by atoms with Crippen LogP contribution in [0.4, 0.5) is 5.00 Å². The zero-order chi connectivity index (χ0) is 25.2. The molecule has 2 heterocycles. The Morgan fingerprint density at radius 3 is 2.61 bits per heavy atom. The van der Waals surface area contributed by atoms with Crippen LogP contribution in [0.3, 0.4) is 0 Å². The molecule has 4 aromatic rings. The summed E-state index contributed by atoms with van der Waals surface area (Å²) in [5.74, 6) is -0.0287. The van der Waals surface area contributed by atoms with E-state index in [9.17, 15) is 9.59 Å². The van der Waals surface area contributed by atoms with E-state index < -0.39 is 0 Å². The van der Waals surface area contributed by atoms with Gasteiger partial charge in [0.05, 0.1) is 28.9 Å². The zero-order valence-corrected chi connectivity index (χ0v) is 21.7. The molecule has 5 nitrogen and oxygen atoms in total. The number of pyridine rings is 1. The minimum atomic E-state index is -0.347. The average molecular weight is 499 g/mol. The van der Waals surface area contributed by atoms with Gasteiger partial charge in [0.1, 0.15) is 5.00 Å². The first-order valence-electron chi connectivity index (χ1n) is 12.6. The van der Waals surface area contributed by atoms with Crippen molar-refractivity contribution >= 4 is 39.1 Å². The van der Waals surface area contributed by atoms with Gasteiger partial charge in [0.2, 0.25) is 0 Å².